The van der Waals surface area contributed by atoms with E-state index in [-0.39, 0.29) is 5.56 Å². The Morgan fingerprint density at radius 3 is 2.29 bits per heavy atom. The van der Waals surface area contributed by atoms with Crippen molar-refractivity contribution >= 4 is 5.90 Å². The number of fused-ring (bicyclic) bond motifs is 2. The van der Waals surface area contributed by atoms with Crippen molar-refractivity contribution in [3.05, 3.63) is 35.4 Å². The first-order chi connectivity index (χ1) is 13.3. The van der Waals surface area contributed by atoms with Crippen LogP contribution in [0.5, 0.6) is 0 Å². The average Bonchev–Trinajstić information content (AvgIpc) is 2.87. The van der Waals surface area contributed by atoms with Gasteiger partial charge in [-0.2, -0.15) is 15.8 Å². The summed E-state index contributed by atoms with van der Waals surface area (Å²) in [7, 11) is 0. The molecule has 1 aromatic rings. The summed E-state index contributed by atoms with van der Waals surface area (Å²) in [6.07, 6.45) is -0.174. The fourth-order valence-electron chi connectivity index (χ4n) is 4.65. The second-order valence-corrected chi connectivity index (χ2v) is 7.08. The van der Waals surface area contributed by atoms with Crippen LogP contribution in [0.15, 0.2) is 18.2 Å². The molecule has 8 heteroatoms. The Kier molecular flexibility index (Phi) is 4.61. The minimum absolute atomic E-state index is 0.0370. The molecule has 1 N–H and O–H groups in total. The number of hydrogen-bond acceptors (Lipinski definition) is 6. The molecular weight excluding hydrogens is 366 g/mol. The molecular formula is C20H18F2N4O2. The number of halogens is 2. The standard InChI is InChI=1S/C20H18F2N4O2/c1-3-7-20-15(4-2)19(11-25,17(26)28-20)18(9-23,10-24)16(27-20)12-5-6-13(21)14(22)8-12/h5-6,8,15-16,26H,3-4,7H2,1-2H3. The SMILES string of the molecule is CCCC12OC(=N)C(C#N)(C1CC)C(C#N)(C#N)C(c1ccc(F)c(F)c1)O2. The second kappa shape index (κ2) is 6.55. The van der Waals surface area contributed by atoms with E-state index in [2.05, 4.69) is 0 Å². The van der Waals surface area contributed by atoms with E-state index < -0.39 is 46.2 Å². The number of ether oxygens (including phenoxy) is 2. The van der Waals surface area contributed by atoms with Gasteiger partial charge in [0.15, 0.2) is 17.0 Å². The van der Waals surface area contributed by atoms with Crippen molar-refractivity contribution in [1.82, 2.24) is 0 Å². The van der Waals surface area contributed by atoms with Crippen molar-refractivity contribution in [3.63, 3.8) is 0 Å². The molecule has 144 valence electrons. The fourth-order valence-corrected chi connectivity index (χ4v) is 4.65. The van der Waals surface area contributed by atoms with Gasteiger partial charge in [-0.15, -0.1) is 0 Å². The maximum Gasteiger partial charge on any atom is 0.217 e. The lowest BCUT2D eigenvalue weighted by atomic mass is 9.52. The fraction of sp³-hybridized carbons (Fsp3) is 0.500. The summed E-state index contributed by atoms with van der Waals surface area (Å²) in [5.41, 5.74) is -4.03. The van der Waals surface area contributed by atoms with Crippen molar-refractivity contribution < 1.29 is 18.3 Å². The Morgan fingerprint density at radius 1 is 1.11 bits per heavy atom. The van der Waals surface area contributed by atoms with Crippen LogP contribution in [0.2, 0.25) is 0 Å². The smallest absolute Gasteiger partial charge is 0.217 e. The molecule has 4 atom stereocenters. The molecule has 2 aliphatic rings. The van der Waals surface area contributed by atoms with Crippen molar-refractivity contribution in [3.8, 4) is 18.2 Å². The Bertz CT molecular complexity index is 946. The molecule has 0 aromatic heterocycles. The van der Waals surface area contributed by atoms with Crippen LogP contribution < -0.4 is 0 Å². The van der Waals surface area contributed by atoms with Crippen LogP contribution in [0.4, 0.5) is 8.78 Å². The third kappa shape index (κ3) is 2.14. The lowest BCUT2D eigenvalue weighted by Gasteiger charge is -2.49. The minimum Gasteiger partial charge on any atom is -0.447 e. The molecule has 3 rings (SSSR count). The van der Waals surface area contributed by atoms with Gasteiger partial charge in [-0.1, -0.05) is 19.9 Å². The molecule has 2 bridgehead atoms. The summed E-state index contributed by atoms with van der Waals surface area (Å²) in [4.78, 5) is 0. The van der Waals surface area contributed by atoms with E-state index >= 15 is 0 Å². The highest BCUT2D eigenvalue weighted by Crippen LogP contribution is 2.68. The highest BCUT2D eigenvalue weighted by Gasteiger charge is 2.79. The van der Waals surface area contributed by atoms with Crippen LogP contribution in [0.3, 0.4) is 0 Å². The predicted molar refractivity (Wildman–Crippen MR) is 92.1 cm³/mol. The Balaban J connectivity index is 2.35. The molecule has 0 saturated carbocycles. The van der Waals surface area contributed by atoms with Crippen molar-refractivity contribution in [2.75, 3.05) is 0 Å². The van der Waals surface area contributed by atoms with Gasteiger partial charge in [-0.25, -0.2) is 8.78 Å². The van der Waals surface area contributed by atoms with E-state index in [9.17, 15) is 24.6 Å². The Labute approximate surface area is 161 Å². The van der Waals surface area contributed by atoms with E-state index in [1.165, 1.54) is 6.07 Å². The molecule has 0 spiro atoms. The van der Waals surface area contributed by atoms with E-state index in [0.717, 1.165) is 12.1 Å². The van der Waals surface area contributed by atoms with Gasteiger partial charge in [0.05, 0.1) is 24.1 Å². The second-order valence-electron chi connectivity index (χ2n) is 7.08. The summed E-state index contributed by atoms with van der Waals surface area (Å²) >= 11 is 0. The zero-order valence-electron chi connectivity index (χ0n) is 15.4. The van der Waals surface area contributed by atoms with Gasteiger partial charge in [0, 0.05) is 6.42 Å². The number of nitriles is 3. The van der Waals surface area contributed by atoms with Crippen LogP contribution in [-0.4, -0.2) is 11.7 Å². The summed E-state index contributed by atoms with van der Waals surface area (Å²) in [6, 6.07) is 8.71. The van der Waals surface area contributed by atoms with E-state index in [4.69, 9.17) is 14.9 Å². The van der Waals surface area contributed by atoms with Gasteiger partial charge < -0.3 is 9.47 Å². The van der Waals surface area contributed by atoms with Gasteiger partial charge in [0.25, 0.3) is 0 Å². The van der Waals surface area contributed by atoms with Crippen molar-refractivity contribution in [1.29, 1.82) is 21.2 Å². The zero-order valence-corrected chi connectivity index (χ0v) is 15.4. The first-order valence-corrected chi connectivity index (χ1v) is 8.97. The zero-order chi connectivity index (χ0) is 20.7. The first-order valence-electron chi connectivity index (χ1n) is 8.97. The summed E-state index contributed by atoms with van der Waals surface area (Å²) in [5.74, 6) is -4.89. The summed E-state index contributed by atoms with van der Waals surface area (Å²) < 4.78 is 39.2. The Hall–Kier alpha value is -3.02. The normalized spacial score (nSPS) is 32.7. The quantitative estimate of drug-likeness (QED) is 0.839. The van der Waals surface area contributed by atoms with Gasteiger partial charge in [0.1, 0.15) is 6.10 Å². The van der Waals surface area contributed by atoms with Gasteiger partial charge in [-0.05, 0) is 30.5 Å². The highest BCUT2D eigenvalue weighted by molar-refractivity contribution is 5.89. The highest BCUT2D eigenvalue weighted by atomic mass is 19.2. The lowest BCUT2D eigenvalue weighted by molar-refractivity contribution is -0.286. The Morgan fingerprint density at radius 2 is 1.79 bits per heavy atom. The number of rotatable bonds is 4. The van der Waals surface area contributed by atoms with Crippen molar-refractivity contribution in [2.45, 2.75) is 45.0 Å². The first kappa shape index (κ1) is 19.7. The molecule has 2 heterocycles. The monoisotopic (exact) mass is 384 g/mol. The van der Waals surface area contributed by atoms with Gasteiger partial charge in [0.2, 0.25) is 17.1 Å². The number of nitrogens with zero attached hydrogens (tertiary/aromatic N) is 3. The molecule has 2 aliphatic heterocycles. The molecule has 6 nitrogen and oxygen atoms in total. The largest absolute Gasteiger partial charge is 0.447 e. The van der Waals surface area contributed by atoms with Crippen molar-refractivity contribution in [2.24, 2.45) is 16.7 Å². The summed E-state index contributed by atoms with van der Waals surface area (Å²) in [6.45, 7) is 3.64. The molecule has 0 aliphatic carbocycles. The van der Waals surface area contributed by atoms with Crippen LogP contribution in [0, 0.1) is 67.8 Å². The number of hydrogen-bond donors (Lipinski definition) is 1. The van der Waals surface area contributed by atoms with Crippen LogP contribution in [-0.2, 0) is 9.47 Å². The van der Waals surface area contributed by atoms with E-state index in [1.807, 2.05) is 25.1 Å². The minimum atomic E-state index is -2.17. The van der Waals surface area contributed by atoms with Crippen LogP contribution in [0.1, 0.15) is 44.8 Å². The average molecular weight is 384 g/mol. The molecule has 28 heavy (non-hydrogen) atoms. The maximum absolute atomic E-state index is 13.9. The molecule has 4 unspecified atom stereocenters. The van der Waals surface area contributed by atoms with Crippen LogP contribution >= 0.6 is 0 Å². The number of nitrogens with one attached hydrogen (secondary N) is 1. The molecule has 1 aromatic carbocycles. The third-order valence-corrected chi connectivity index (χ3v) is 5.80. The number of benzene rings is 1. The molecule has 0 amide bonds. The predicted octanol–water partition coefficient (Wildman–Crippen LogP) is 4.11. The van der Waals surface area contributed by atoms with Crippen LogP contribution in [0.25, 0.3) is 0 Å². The molecule has 0 radical (unpaired) electrons. The summed E-state index contributed by atoms with van der Waals surface area (Å²) in [5, 5.41) is 38.6. The van der Waals surface area contributed by atoms with E-state index in [0.29, 0.717) is 19.3 Å². The van der Waals surface area contributed by atoms with Gasteiger partial charge >= 0.3 is 0 Å². The topological polar surface area (TPSA) is 114 Å². The van der Waals surface area contributed by atoms with E-state index in [1.54, 1.807) is 6.92 Å². The maximum atomic E-state index is 13.9. The molecule has 2 saturated heterocycles. The molecule has 2 fully saturated rings. The van der Waals surface area contributed by atoms with Gasteiger partial charge in [-0.3, -0.25) is 5.41 Å². The third-order valence-electron chi connectivity index (χ3n) is 5.80. The lowest BCUT2D eigenvalue weighted by Crippen LogP contribution is -2.59.